The monoisotopic (exact) mass is 370 g/mol. The van der Waals surface area contributed by atoms with E-state index in [0.717, 1.165) is 5.56 Å². The van der Waals surface area contributed by atoms with Crippen LogP contribution in [0.5, 0.6) is 11.5 Å². The lowest BCUT2D eigenvalue weighted by molar-refractivity contribution is 0.0950. The third kappa shape index (κ3) is 4.01. The fourth-order valence-electron chi connectivity index (χ4n) is 2.21. The molecule has 1 amide bonds. The first kappa shape index (κ1) is 17.5. The van der Waals surface area contributed by atoms with Gasteiger partial charge in [-0.2, -0.15) is 10.2 Å². The Bertz CT molecular complexity index is 951. The highest BCUT2D eigenvalue weighted by molar-refractivity contribution is 6.30. The molecular formula is C18H15ClN4O3. The maximum absolute atomic E-state index is 12.1. The van der Waals surface area contributed by atoms with Crippen LogP contribution < -0.4 is 10.2 Å². The molecule has 0 spiro atoms. The summed E-state index contributed by atoms with van der Waals surface area (Å²) in [7, 11) is 1.45. The van der Waals surface area contributed by atoms with E-state index in [9.17, 15) is 9.90 Å². The number of benzene rings is 2. The number of methoxy groups -OCH3 is 1. The van der Waals surface area contributed by atoms with Crippen LogP contribution in [0.3, 0.4) is 0 Å². The maximum Gasteiger partial charge on any atom is 0.289 e. The molecule has 1 aromatic heterocycles. The zero-order valence-electron chi connectivity index (χ0n) is 13.7. The van der Waals surface area contributed by atoms with Gasteiger partial charge in [0.2, 0.25) is 0 Å². The third-order valence-corrected chi connectivity index (χ3v) is 3.80. The largest absolute Gasteiger partial charge is 0.504 e. The first-order valence-electron chi connectivity index (χ1n) is 7.58. The van der Waals surface area contributed by atoms with Gasteiger partial charge in [-0.1, -0.05) is 23.7 Å². The van der Waals surface area contributed by atoms with Crippen molar-refractivity contribution in [1.29, 1.82) is 0 Å². The van der Waals surface area contributed by atoms with E-state index in [1.165, 1.54) is 19.4 Å². The van der Waals surface area contributed by atoms with E-state index in [1.807, 2.05) is 12.1 Å². The molecule has 0 bridgehead atoms. The van der Waals surface area contributed by atoms with Gasteiger partial charge in [0.25, 0.3) is 5.91 Å². The molecule has 7 nitrogen and oxygen atoms in total. The van der Waals surface area contributed by atoms with Crippen molar-refractivity contribution in [3.8, 4) is 22.8 Å². The van der Waals surface area contributed by atoms with Crippen LogP contribution in [0.2, 0.25) is 5.02 Å². The molecule has 132 valence electrons. The molecule has 26 heavy (non-hydrogen) atoms. The number of aromatic hydroxyl groups is 1. The van der Waals surface area contributed by atoms with E-state index in [4.69, 9.17) is 16.3 Å². The fourth-order valence-corrected chi connectivity index (χ4v) is 2.33. The van der Waals surface area contributed by atoms with Crippen molar-refractivity contribution in [3.63, 3.8) is 0 Å². The number of halogens is 1. The number of carbonyl (C=O) groups is 1. The lowest BCUT2D eigenvalue weighted by Gasteiger charge is -2.03. The Hall–Kier alpha value is -3.32. The predicted molar refractivity (Wildman–Crippen MR) is 98.8 cm³/mol. The van der Waals surface area contributed by atoms with Gasteiger partial charge >= 0.3 is 0 Å². The molecule has 0 aliphatic rings. The molecule has 0 aliphatic heterocycles. The van der Waals surface area contributed by atoms with Crippen molar-refractivity contribution < 1.29 is 14.6 Å². The minimum Gasteiger partial charge on any atom is -0.504 e. The number of rotatable bonds is 5. The summed E-state index contributed by atoms with van der Waals surface area (Å²) in [5, 5.41) is 20.8. The van der Waals surface area contributed by atoms with Gasteiger partial charge in [-0.25, -0.2) is 5.43 Å². The number of nitrogens with zero attached hydrogens (tertiary/aromatic N) is 2. The number of hydrogen-bond acceptors (Lipinski definition) is 5. The number of aromatic nitrogens is 2. The number of hydrazone groups is 1. The molecule has 2 aromatic carbocycles. The molecule has 0 saturated carbocycles. The van der Waals surface area contributed by atoms with E-state index in [1.54, 1.807) is 30.3 Å². The van der Waals surface area contributed by atoms with Crippen molar-refractivity contribution in [2.24, 2.45) is 5.10 Å². The number of phenols is 1. The molecule has 0 saturated heterocycles. The van der Waals surface area contributed by atoms with Gasteiger partial charge in [-0.3, -0.25) is 9.89 Å². The van der Waals surface area contributed by atoms with Gasteiger partial charge in [-0.05, 0) is 42.0 Å². The smallest absolute Gasteiger partial charge is 0.289 e. The normalized spacial score (nSPS) is 10.8. The minimum absolute atomic E-state index is 0.0286. The summed E-state index contributed by atoms with van der Waals surface area (Å²) in [6.45, 7) is 0. The summed E-state index contributed by atoms with van der Waals surface area (Å²) >= 11 is 5.86. The Balaban J connectivity index is 1.66. The van der Waals surface area contributed by atoms with Crippen LogP contribution in [0.1, 0.15) is 16.1 Å². The molecule has 0 unspecified atom stereocenters. The van der Waals surface area contributed by atoms with E-state index in [2.05, 4.69) is 20.7 Å². The SMILES string of the molecule is COc1cc(/C=N/NC(=O)c2cc(-c3ccc(Cl)cc3)n[nH]2)ccc1O. The predicted octanol–water partition coefficient (Wildman–Crippen LogP) is 3.21. The van der Waals surface area contributed by atoms with Crippen molar-refractivity contribution >= 4 is 23.7 Å². The third-order valence-electron chi connectivity index (χ3n) is 3.55. The van der Waals surface area contributed by atoms with Crippen molar-refractivity contribution in [1.82, 2.24) is 15.6 Å². The van der Waals surface area contributed by atoms with Crippen LogP contribution in [0.15, 0.2) is 53.6 Å². The zero-order valence-corrected chi connectivity index (χ0v) is 14.5. The van der Waals surface area contributed by atoms with E-state index in [-0.39, 0.29) is 11.4 Å². The van der Waals surface area contributed by atoms with Gasteiger partial charge < -0.3 is 9.84 Å². The zero-order chi connectivity index (χ0) is 18.5. The Labute approximate surface area is 154 Å². The fraction of sp³-hybridized carbons (Fsp3) is 0.0556. The quantitative estimate of drug-likeness (QED) is 0.474. The summed E-state index contributed by atoms with van der Waals surface area (Å²) in [5.74, 6) is -0.0815. The lowest BCUT2D eigenvalue weighted by Crippen LogP contribution is -2.18. The van der Waals surface area contributed by atoms with Crippen LogP contribution in [-0.2, 0) is 0 Å². The summed E-state index contributed by atoms with van der Waals surface area (Å²) in [5.41, 5.74) is 4.80. The summed E-state index contributed by atoms with van der Waals surface area (Å²) < 4.78 is 5.01. The van der Waals surface area contributed by atoms with Crippen LogP contribution in [0.4, 0.5) is 0 Å². The Morgan fingerprint density at radius 3 is 2.77 bits per heavy atom. The highest BCUT2D eigenvalue weighted by Gasteiger charge is 2.10. The van der Waals surface area contributed by atoms with Crippen LogP contribution in [-0.4, -0.2) is 34.5 Å². The van der Waals surface area contributed by atoms with Crippen LogP contribution in [0, 0.1) is 0 Å². The second-order valence-electron chi connectivity index (χ2n) is 5.30. The first-order chi connectivity index (χ1) is 12.6. The number of carbonyl (C=O) groups excluding carboxylic acids is 1. The summed E-state index contributed by atoms with van der Waals surface area (Å²) in [6, 6.07) is 13.5. The number of aromatic amines is 1. The minimum atomic E-state index is -0.431. The van der Waals surface area contributed by atoms with Crippen molar-refractivity contribution in [2.75, 3.05) is 7.11 Å². The number of phenolic OH excluding ortho intramolecular Hbond substituents is 1. The Morgan fingerprint density at radius 1 is 1.27 bits per heavy atom. The van der Waals surface area contributed by atoms with E-state index in [0.29, 0.717) is 22.0 Å². The molecule has 8 heteroatoms. The lowest BCUT2D eigenvalue weighted by atomic mass is 10.1. The molecule has 0 fully saturated rings. The number of nitrogens with one attached hydrogen (secondary N) is 2. The number of ether oxygens (including phenoxy) is 1. The number of amides is 1. The van der Waals surface area contributed by atoms with Gasteiger partial charge in [0.15, 0.2) is 11.5 Å². The van der Waals surface area contributed by atoms with Crippen molar-refractivity contribution in [3.05, 3.63) is 64.8 Å². The average molecular weight is 371 g/mol. The molecule has 3 aromatic rings. The van der Waals surface area contributed by atoms with Crippen molar-refractivity contribution in [2.45, 2.75) is 0 Å². The molecule has 3 N–H and O–H groups in total. The van der Waals surface area contributed by atoms with Gasteiger partial charge in [0.1, 0.15) is 5.69 Å². The van der Waals surface area contributed by atoms with Crippen LogP contribution in [0.25, 0.3) is 11.3 Å². The molecule has 3 rings (SSSR count). The maximum atomic E-state index is 12.1. The second kappa shape index (κ2) is 7.71. The second-order valence-corrected chi connectivity index (χ2v) is 5.74. The summed E-state index contributed by atoms with van der Waals surface area (Å²) in [4.78, 5) is 12.1. The highest BCUT2D eigenvalue weighted by atomic mass is 35.5. The Kier molecular flexibility index (Phi) is 5.19. The van der Waals surface area contributed by atoms with Gasteiger partial charge in [0.05, 0.1) is 19.0 Å². The standard InChI is InChI=1S/C18H15ClN4O3/c1-26-17-8-11(2-7-16(17)24)10-20-23-18(25)15-9-14(21-22-15)12-3-5-13(19)6-4-12/h2-10,24H,1H3,(H,21,22)(H,23,25)/b20-10+. The molecule has 0 aliphatic carbocycles. The average Bonchev–Trinajstić information content (AvgIpc) is 3.14. The Morgan fingerprint density at radius 2 is 2.04 bits per heavy atom. The van der Waals surface area contributed by atoms with E-state index >= 15 is 0 Å². The van der Waals surface area contributed by atoms with E-state index < -0.39 is 5.91 Å². The topological polar surface area (TPSA) is 99.6 Å². The van der Waals surface area contributed by atoms with Gasteiger partial charge in [-0.15, -0.1) is 0 Å². The highest BCUT2D eigenvalue weighted by Crippen LogP contribution is 2.25. The summed E-state index contributed by atoms with van der Waals surface area (Å²) in [6.07, 6.45) is 1.44. The molecule has 0 atom stereocenters. The van der Waals surface area contributed by atoms with Gasteiger partial charge in [0, 0.05) is 10.6 Å². The van der Waals surface area contributed by atoms with Crippen LogP contribution >= 0.6 is 11.6 Å². The molecule has 0 radical (unpaired) electrons. The molecular weight excluding hydrogens is 356 g/mol. The number of H-pyrrole nitrogens is 1. The first-order valence-corrected chi connectivity index (χ1v) is 7.96. The molecule has 1 heterocycles. The number of hydrogen-bond donors (Lipinski definition) is 3.